The van der Waals surface area contributed by atoms with Crippen molar-refractivity contribution < 1.29 is 4.74 Å². The number of aliphatic imine (C=N–C) groups is 1. The predicted octanol–water partition coefficient (Wildman–Crippen LogP) is 2.52. The molecule has 2 N–H and O–H groups in total. The Morgan fingerprint density at radius 1 is 1.60 bits per heavy atom. The van der Waals surface area contributed by atoms with E-state index in [1.807, 2.05) is 0 Å². The van der Waals surface area contributed by atoms with Gasteiger partial charge in [0.2, 0.25) is 0 Å². The van der Waals surface area contributed by atoms with Gasteiger partial charge in [0.15, 0.2) is 0 Å². The summed E-state index contributed by atoms with van der Waals surface area (Å²) in [6.07, 6.45) is 3.43. The Labute approximate surface area is 98.9 Å². The Morgan fingerprint density at radius 3 is 2.73 bits per heavy atom. The Morgan fingerprint density at radius 2 is 2.27 bits per heavy atom. The summed E-state index contributed by atoms with van der Waals surface area (Å²) in [4.78, 5) is 4.04. The van der Waals surface area contributed by atoms with Gasteiger partial charge in [-0.25, -0.2) is 4.99 Å². The molecule has 0 aromatic rings. The highest BCUT2D eigenvalue weighted by molar-refractivity contribution is 6.39. The van der Waals surface area contributed by atoms with E-state index >= 15 is 0 Å². The van der Waals surface area contributed by atoms with E-state index in [-0.39, 0.29) is 12.1 Å². The van der Waals surface area contributed by atoms with Gasteiger partial charge in [-0.15, -0.1) is 0 Å². The molecule has 0 aromatic heterocycles. The van der Waals surface area contributed by atoms with E-state index in [0.29, 0.717) is 16.7 Å². The molecule has 0 saturated carbocycles. The van der Waals surface area contributed by atoms with Crippen molar-refractivity contribution in [2.45, 2.75) is 13.0 Å². The summed E-state index contributed by atoms with van der Waals surface area (Å²) >= 11 is 11.5. The molecule has 1 atom stereocenters. The predicted molar refractivity (Wildman–Crippen MR) is 64.0 cm³/mol. The molecule has 1 heterocycles. The molecule has 0 amide bonds. The van der Waals surface area contributed by atoms with Gasteiger partial charge in [-0.3, -0.25) is 0 Å². The summed E-state index contributed by atoms with van der Waals surface area (Å²) in [5, 5.41) is 1.01. The molecule has 1 aliphatic rings. The quantitative estimate of drug-likeness (QED) is 0.779. The molecule has 15 heavy (non-hydrogen) atoms. The lowest BCUT2D eigenvalue weighted by Gasteiger charge is -2.03. The fraction of sp³-hybridized carbons (Fsp3) is 0.300. The monoisotopic (exact) mass is 246 g/mol. The summed E-state index contributed by atoms with van der Waals surface area (Å²) in [6, 6.07) is 0.0751. The van der Waals surface area contributed by atoms with Crippen LogP contribution < -0.4 is 5.73 Å². The molecule has 0 radical (unpaired) electrons. The zero-order valence-corrected chi connectivity index (χ0v) is 9.85. The Balaban J connectivity index is 2.61. The third-order valence-electron chi connectivity index (χ3n) is 1.87. The van der Waals surface area contributed by atoms with E-state index < -0.39 is 0 Å². The third kappa shape index (κ3) is 3.61. The molecule has 0 bridgehead atoms. The number of nitrogens with zero attached hydrogens (tertiary/aromatic N) is 1. The van der Waals surface area contributed by atoms with Crippen molar-refractivity contribution in [2.75, 3.05) is 6.61 Å². The van der Waals surface area contributed by atoms with Crippen LogP contribution in [-0.2, 0) is 4.74 Å². The van der Waals surface area contributed by atoms with E-state index in [9.17, 15) is 0 Å². The maximum atomic E-state index is 5.82. The minimum Gasteiger partial charge on any atom is -0.463 e. The normalized spacial score (nSPS) is 22.3. The van der Waals surface area contributed by atoms with Crippen LogP contribution in [0.25, 0.3) is 0 Å². The summed E-state index contributed by atoms with van der Waals surface area (Å²) in [6.45, 7) is 5.99. The van der Waals surface area contributed by atoms with Crippen LogP contribution in [0.5, 0.6) is 0 Å². The molecule has 3 nitrogen and oxygen atoms in total. The molecule has 1 rings (SSSR count). The van der Waals surface area contributed by atoms with Crippen molar-refractivity contribution in [1.82, 2.24) is 0 Å². The van der Waals surface area contributed by atoms with Gasteiger partial charge in [-0.05, 0) is 18.6 Å². The van der Waals surface area contributed by atoms with E-state index in [1.165, 1.54) is 0 Å². The molecule has 0 aromatic carbocycles. The Bertz CT molecular complexity index is 354. The summed E-state index contributed by atoms with van der Waals surface area (Å²) in [5.41, 5.74) is 6.16. The molecule has 0 fully saturated rings. The van der Waals surface area contributed by atoms with Gasteiger partial charge in [0, 0.05) is 5.03 Å². The van der Waals surface area contributed by atoms with E-state index in [4.69, 9.17) is 33.7 Å². The van der Waals surface area contributed by atoms with Crippen LogP contribution in [0.2, 0.25) is 0 Å². The number of amidine groups is 1. The number of nitrogens with two attached hydrogens (primary N) is 1. The number of halogens is 2. The molecule has 0 unspecified atom stereocenters. The number of ether oxygens (including phenoxy) is 1. The van der Waals surface area contributed by atoms with Gasteiger partial charge >= 0.3 is 0 Å². The molecule has 0 saturated heterocycles. The first-order valence-electron chi connectivity index (χ1n) is 4.35. The first-order chi connectivity index (χ1) is 7.00. The maximum Gasteiger partial charge on any atom is 0.282 e. The highest BCUT2D eigenvalue weighted by atomic mass is 35.5. The largest absolute Gasteiger partial charge is 0.463 e. The summed E-state index contributed by atoms with van der Waals surface area (Å²) < 4.78 is 5.00. The summed E-state index contributed by atoms with van der Waals surface area (Å²) in [7, 11) is 0. The summed E-state index contributed by atoms with van der Waals surface area (Å²) in [5.74, 6) is 0. The van der Waals surface area contributed by atoms with Crippen LogP contribution >= 0.6 is 23.2 Å². The SMILES string of the molecule is C=C(/C=C\C(Cl)=C(/C)Cl)[C@H]1COC(N)=N1. The lowest BCUT2D eigenvalue weighted by Crippen LogP contribution is -2.10. The van der Waals surface area contributed by atoms with Crippen LogP contribution in [0.3, 0.4) is 0 Å². The molecule has 5 heteroatoms. The van der Waals surface area contributed by atoms with Gasteiger partial charge in [0.25, 0.3) is 6.02 Å². The van der Waals surface area contributed by atoms with Crippen molar-refractivity contribution in [3.8, 4) is 0 Å². The smallest absolute Gasteiger partial charge is 0.282 e. The number of hydrogen-bond donors (Lipinski definition) is 1. The highest BCUT2D eigenvalue weighted by Crippen LogP contribution is 2.17. The number of allylic oxidation sites excluding steroid dienone is 3. The lowest BCUT2D eigenvalue weighted by molar-refractivity contribution is 0.324. The zero-order valence-electron chi connectivity index (χ0n) is 8.34. The fourth-order valence-corrected chi connectivity index (χ4v) is 1.11. The van der Waals surface area contributed by atoms with Gasteiger partial charge in [-0.1, -0.05) is 35.9 Å². The maximum absolute atomic E-state index is 5.82. The van der Waals surface area contributed by atoms with E-state index in [2.05, 4.69) is 11.6 Å². The molecule has 82 valence electrons. The highest BCUT2D eigenvalue weighted by Gasteiger charge is 2.17. The van der Waals surface area contributed by atoms with E-state index in [0.717, 1.165) is 5.57 Å². The number of rotatable bonds is 3. The standard InChI is InChI=1S/C10H12Cl2N2O/c1-6(3-4-8(12)7(2)11)9-5-15-10(13)14-9/h3-4,9H,1,5H2,2H3,(H2,13,14)/b4-3-,8-7-/t9-/m1/s1. The molecule has 1 aliphatic heterocycles. The molecular weight excluding hydrogens is 235 g/mol. The average Bonchev–Trinajstić information content (AvgIpc) is 2.60. The minimum atomic E-state index is -0.124. The average molecular weight is 247 g/mol. The van der Waals surface area contributed by atoms with Crippen molar-refractivity contribution in [2.24, 2.45) is 10.7 Å². The molecule has 0 spiro atoms. The third-order valence-corrected chi connectivity index (χ3v) is 2.58. The second kappa shape index (κ2) is 5.24. The molecule has 0 aliphatic carbocycles. The van der Waals surface area contributed by atoms with Crippen LogP contribution in [0.15, 0.2) is 39.4 Å². The topological polar surface area (TPSA) is 47.6 Å². The molecular formula is C10H12Cl2N2O. The van der Waals surface area contributed by atoms with Crippen LogP contribution in [0.4, 0.5) is 0 Å². The Hall–Kier alpha value is -0.930. The van der Waals surface area contributed by atoms with Crippen LogP contribution in [-0.4, -0.2) is 18.7 Å². The van der Waals surface area contributed by atoms with Crippen molar-refractivity contribution >= 4 is 29.2 Å². The number of hydrogen-bond acceptors (Lipinski definition) is 3. The van der Waals surface area contributed by atoms with E-state index in [1.54, 1.807) is 19.1 Å². The first kappa shape index (κ1) is 12.1. The minimum absolute atomic E-state index is 0.124. The van der Waals surface area contributed by atoms with Crippen LogP contribution in [0.1, 0.15) is 6.92 Å². The first-order valence-corrected chi connectivity index (χ1v) is 5.11. The van der Waals surface area contributed by atoms with Crippen LogP contribution in [0, 0.1) is 0 Å². The zero-order chi connectivity index (χ0) is 11.4. The van der Waals surface area contributed by atoms with Crippen molar-refractivity contribution in [3.05, 3.63) is 34.4 Å². The van der Waals surface area contributed by atoms with Gasteiger partial charge in [0.05, 0.1) is 5.03 Å². The second-order valence-electron chi connectivity index (χ2n) is 3.08. The second-order valence-corrected chi connectivity index (χ2v) is 4.06. The Kier molecular flexibility index (Phi) is 4.24. The van der Waals surface area contributed by atoms with Gasteiger partial charge in [0.1, 0.15) is 12.6 Å². The van der Waals surface area contributed by atoms with Crippen molar-refractivity contribution in [1.29, 1.82) is 0 Å². The fourth-order valence-electron chi connectivity index (χ4n) is 0.988. The van der Waals surface area contributed by atoms with Gasteiger partial charge in [-0.2, -0.15) is 0 Å². The van der Waals surface area contributed by atoms with Gasteiger partial charge < -0.3 is 10.5 Å². The lowest BCUT2D eigenvalue weighted by atomic mass is 10.1. The van der Waals surface area contributed by atoms with Crippen molar-refractivity contribution in [3.63, 3.8) is 0 Å².